The molecule has 0 amide bonds. The van der Waals surface area contributed by atoms with E-state index in [1.165, 1.54) is 16.9 Å². The van der Waals surface area contributed by atoms with Gasteiger partial charge in [0.1, 0.15) is 4.70 Å². The lowest BCUT2D eigenvalue weighted by Crippen LogP contribution is -2.26. The van der Waals surface area contributed by atoms with Crippen LogP contribution in [0.1, 0.15) is 38.0 Å². The van der Waals surface area contributed by atoms with Gasteiger partial charge in [-0.15, -0.1) is 0 Å². The normalized spacial score (nSPS) is 13.8. The topological polar surface area (TPSA) is 97.0 Å². The number of thiazole rings is 1. The van der Waals surface area contributed by atoms with Crippen LogP contribution in [0.15, 0.2) is 35.5 Å². The zero-order valence-electron chi connectivity index (χ0n) is 15.7. The highest BCUT2D eigenvalue weighted by Crippen LogP contribution is 2.36. The highest BCUT2D eigenvalue weighted by Gasteiger charge is 2.18. The Balaban J connectivity index is 1.90. The molecule has 0 aliphatic rings. The molecule has 3 rings (SSSR count). The van der Waals surface area contributed by atoms with E-state index in [4.69, 9.17) is 10.7 Å². The van der Waals surface area contributed by atoms with Gasteiger partial charge in [0.05, 0.1) is 12.6 Å². The number of aliphatic hydroxyl groups is 1. The molecule has 0 spiro atoms. The molecule has 4 N–H and O–H groups in total. The van der Waals surface area contributed by atoms with E-state index in [-0.39, 0.29) is 17.9 Å². The number of anilines is 2. The molecule has 0 fully saturated rings. The van der Waals surface area contributed by atoms with Crippen LogP contribution in [0.2, 0.25) is 0 Å². The van der Waals surface area contributed by atoms with Gasteiger partial charge in [0.25, 0.3) is 0 Å². The predicted octanol–water partition coefficient (Wildman–Crippen LogP) is 4.34. The molecule has 27 heavy (non-hydrogen) atoms. The number of hydrogen-bond acceptors (Lipinski definition) is 8. The SMILES string of the molecule is CC(C)C[C@H](CO)Nc1nc(S[14C@H](C)c2ccccc2)nc2nc(N)sc12. The number of nitrogens with two attached hydrogens (primary N) is 1. The third kappa shape index (κ3) is 5.09. The second-order valence-electron chi connectivity index (χ2n) is 6.88. The van der Waals surface area contributed by atoms with E-state index >= 15 is 0 Å². The highest BCUT2D eigenvalue weighted by atomic mass is 32.2. The fourth-order valence-electron chi connectivity index (χ4n) is 2.86. The summed E-state index contributed by atoms with van der Waals surface area (Å²) >= 11 is 2.94. The molecular formula is C19H25N5OS2. The van der Waals surface area contributed by atoms with E-state index in [2.05, 4.69) is 48.2 Å². The van der Waals surface area contributed by atoms with Gasteiger partial charge in [0.2, 0.25) is 0 Å². The van der Waals surface area contributed by atoms with E-state index in [9.17, 15) is 5.11 Å². The summed E-state index contributed by atoms with van der Waals surface area (Å²) in [5, 5.41) is 14.4. The molecule has 6 nitrogen and oxygen atoms in total. The molecule has 0 unspecified atom stereocenters. The second-order valence-corrected chi connectivity index (χ2v) is 9.22. The molecule has 144 valence electrons. The fourth-order valence-corrected chi connectivity index (χ4v) is 4.48. The molecule has 0 saturated carbocycles. The largest absolute Gasteiger partial charge is 0.394 e. The second kappa shape index (κ2) is 8.86. The van der Waals surface area contributed by atoms with Crippen molar-refractivity contribution < 1.29 is 5.11 Å². The molecule has 0 bridgehead atoms. The van der Waals surface area contributed by atoms with Crippen LogP contribution in [0.3, 0.4) is 0 Å². The molecule has 2 heterocycles. The van der Waals surface area contributed by atoms with Crippen molar-refractivity contribution in [2.24, 2.45) is 5.92 Å². The number of nitrogens with zero attached hydrogens (tertiary/aromatic N) is 3. The van der Waals surface area contributed by atoms with Crippen LogP contribution in [0.25, 0.3) is 10.3 Å². The first kappa shape index (κ1) is 19.9. The van der Waals surface area contributed by atoms with Crippen LogP contribution in [0.5, 0.6) is 0 Å². The average molecular weight is 406 g/mol. The Kier molecular flexibility index (Phi) is 6.51. The minimum atomic E-state index is -0.0733. The Labute approximate surface area is 167 Å². The predicted molar refractivity (Wildman–Crippen MR) is 114 cm³/mol. The number of nitrogens with one attached hydrogen (secondary N) is 1. The molecule has 3 aromatic rings. The Morgan fingerprint density at radius 2 is 1.96 bits per heavy atom. The summed E-state index contributed by atoms with van der Waals surface area (Å²) in [5.74, 6) is 1.15. The molecule has 2 atom stereocenters. The molecule has 0 radical (unpaired) electrons. The maximum absolute atomic E-state index is 9.73. The smallest absolute Gasteiger partial charge is 0.192 e. The van der Waals surface area contributed by atoms with Crippen molar-refractivity contribution in [1.29, 1.82) is 0 Å². The van der Waals surface area contributed by atoms with Gasteiger partial charge in [0, 0.05) is 5.25 Å². The van der Waals surface area contributed by atoms with Gasteiger partial charge in [-0.25, -0.2) is 15.0 Å². The molecule has 8 heteroatoms. The van der Waals surface area contributed by atoms with Crippen LogP contribution in [-0.4, -0.2) is 32.7 Å². The lowest BCUT2D eigenvalue weighted by atomic mass is 10.0. The van der Waals surface area contributed by atoms with Crippen LogP contribution in [0.4, 0.5) is 10.9 Å². The van der Waals surface area contributed by atoms with Crippen LogP contribution in [-0.2, 0) is 0 Å². The van der Waals surface area contributed by atoms with Gasteiger partial charge >= 0.3 is 0 Å². The van der Waals surface area contributed by atoms with Gasteiger partial charge < -0.3 is 16.2 Å². The number of fused-ring (bicyclic) bond motifs is 1. The summed E-state index contributed by atoms with van der Waals surface area (Å²) in [6.07, 6.45) is 0.846. The van der Waals surface area contributed by atoms with Gasteiger partial charge in [-0.05, 0) is 24.8 Å². The summed E-state index contributed by atoms with van der Waals surface area (Å²) < 4.78 is 0.825. The van der Waals surface area contributed by atoms with Crippen molar-refractivity contribution in [2.45, 2.75) is 43.6 Å². The Hall–Kier alpha value is -1.90. The number of aromatic nitrogens is 3. The van der Waals surface area contributed by atoms with Crippen molar-refractivity contribution in [2.75, 3.05) is 17.7 Å². The first-order valence-electron chi connectivity index (χ1n) is 8.99. The molecule has 2 aromatic heterocycles. The maximum Gasteiger partial charge on any atom is 0.192 e. The van der Waals surface area contributed by atoms with Crippen molar-refractivity contribution in [1.82, 2.24) is 15.0 Å². The lowest BCUT2D eigenvalue weighted by molar-refractivity contribution is 0.259. The van der Waals surface area contributed by atoms with Crippen molar-refractivity contribution >= 4 is 44.4 Å². The number of benzene rings is 1. The average Bonchev–Trinajstić information content (AvgIpc) is 3.02. The van der Waals surface area contributed by atoms with E-state index in [1.54, 1.807) is 11.8 Å². The summed E-state index contributed by atoms with van der Waals surface area (Å²) in [4.78, 5) is 13.6. The van der Waals surface area contributed by atoms with Crippen LogP contribution < -0.4 is 11.1 Å². The highest BCUT2D eigenvalue weighted by molar-refractivity contribution is 7.99. The Bertz CT molecular complexity index is 884. The standard InChI is InChI=1S/C19H25N5OS2/c1-11(2)9-14(10-25)21-16-15-17(22-18(20)27-15)24-19(23-16)26-12(3)13-7-5-4-6-8-13/h4-8,11-12,14,25H,9-10H2,1-3H3,(H3,20,21,22,23,24)/t12-,14-/m1/s1/i12+2. The van der Waals surface area contributed by atoms with Gasteiger partial charge in [-0.1, -0.05) is 67.3 Å². The zero-order valence-corrected chi connectivity index (χ0v) is 17.3. The van der Waals surface area contributed by atoms with Crippen LogP contribution >= 0.6 is 23.1 Å². The van der Waals surface area contributed by atoms with E-state index in [0.29, 0.717) is 27.7 Å². The maximum atomic E-state index is 9.73. The zero-order chi connectivity index (χ0) is 19.4. The fraction of sp³-hybridized carbons (Fsp3) is 0.421. The molecule has 0 aliphatic heterocycles. The van der Waals surface area contributed by atoms with Crippen molar-refractivity contribution in [3.8, 4) is 0 Å². The summed E-state index contributed by atoms with van der Waals surface area (Å²) in [6.45, 7) is 6.44. The molecule has 1 aromatic carbocycles. The van der Waals surface area contributed by atoms with Crippen molar-refractivity contribution in [3.63, 3.8) is 0 Å². The monoisotopic (exact) mass is 405 g/mol. The third-order valence-corrected chi connectivity index (χ3v) is 6.02. The van der Waals surface area contributed by atoms with Crippen molar-refractivity contribution in [3.05, 3.63) is 35.9 Å². The number of rotatable bonds is 8. The Morgan fingerprint density at radius 3 is 2.63 bits per heavy atom. The summed E-state index contributed by atoms with van der Waals surface area (Å²) in [6, 6.07) is 10.2. The van der Waals surface area contributed by atoms with E-state index in [1.807, 2.05) is 18.2 Å². The lowest BCUT2D eigenvalue weighted by Gasteiger charge is -2.19. The number of nitrogen functional groups attached to an aromatic ring is 1. The minimum absolute atomic E-state index is 0.0425. The third-order valence-electron chi connectivity index (χ3n) is 4.12. The quantitative estimate of drug-likeness (QED) is 0.379. The van der Waals surface area contributed by atoms with E-state index in [0.717, 1.165) is 11.1 Å². The molecular weight excluding hydrogens is 380 g/mol. The minimum Gasteiger partial charge on any atom is -0.394 e. The number of aliphatic hydroxyl groups excluding tert-OH is 1. The van der Waals surface area contributed by atoms with Gasteiger partial charge in [-0.2, -0.15) is 0 Å². The first-order chi connectivity index (χ1) is 13.0. The molecule has 0 saturated heterocycles. The number of thioether (sulfide) groups is 1. The van der Waals surface area contributed by atoms with Crippen LogP contribution in [0, 0.1) is 5.92 Å². The summed E-state index contributed by atoms with van der Waals surface area (Å²) in [7, 11) is 0. The number of hydrogen-bond donors (Lipinski definition) is 3. The first-order valence-corrected chi connectivity index (χ1v) is 10.7. The van der Waals surface area contributed by atoms with E-state index < -0.39 is 0 Å². The van der Waals surface area contributed by atoms with Gasteiger partial charge in [0.15, 0.2) is 21.8 Å². The van der Waals surface area contributed by atoms with Gasteiger partial charge in [-0.3, -0.25) is 0 Å². The Morgan fingerprint density at radius 1 is 1.22 bits per heavy atom. The molecule has 0 aliphatic carbocycles. The summed E-state index contributed by atoms with van der Waals surface area (Å²) in [5.41, 5.74) is 7.71.